The van der Waals surface area contributed by atoms with E-state index in [9.17, 15) is 4.79 Å². The van der Waals surface area contributed by atoms with Crippen molar-refractivity contribution in [1.29, 1.82) is 0 Å². The van der Waals surface area contributed by atoms with Crippen LogP contribution in [0.5, 0.6) is 0 Å². The Labute approximate surface area is 194 Å². The number of fused-ring (bicyclic) bond motifs is 1. The van der Waals surface area contributed by atoms with Gasteiger partial charge < -0.3 is 10.2 Å². The zero-order chi connectivity index (χ0) is 22.6. The Kier molecular flexibility index (Phi) is 6.07. The quantitative estimate of drug-likeness (QED) is 0.424. The third-order valence-corrected chi connectivity index (χ3v) is 6.28. The van der Waals surface area contributed by atoms with Crippen LogP contribution in [0.15, 0.2) is 66.9 Å². The van der Waals surface area contributed by atoms with Gasteiger partial charge in [-0.05, 0) is 62.4 Å². The van der Waals surface area contributed by atoms with Crippen LogP contribution in [0.4, 0.5) is 5.82 Å². The van der Waals surface area contributed by atoms with Crippen LogP contribution in [0.25, 0.3) is 16.6 Å². The number of aromatic nitrogens is 3. The van der Waals surface area contributed by atoms with E-state index in [-0.39, 0.29) is 5.91 Å². The lowest BCUT2D eigenvalue weighted by Gasteiger charge is -2.20. The number of aryl methyl sites for hydroxylation is 2. The lowest BCUT2D eigenvalue weighted by molar-refractivity contribution is 0.0953. The molecular weight excluding hydrogens is 410 g/mol. The van der Waals surface area contributed by atoms with Crippen molar-refractivity contribution in [2.24, 2.45) is 0 Å². The summed E-state index contributed by atoms with van der Waals surface area (Å²) in [5.41, 5.74) is 4.89. The molecule has 1 N–H and O–H groups in total. The number of para-hydroxylation sites is 2. The van der Waals surface area contributed by atoms with E-state index in [1.807, 2.05) is 72.3 Å². The summed E-state index contributed by atoms with van der Waals surface area (Å²) < 4.78 is 1.92. The Balaban J connectivity index is 1.25. The maximum Gasteiger partial charge on any atom is 0.255 e. The third kappa shape index (κ3) is 4.60. The fourth-order valence-corrected chi connectivity index (χ4v) is 4.47. The maximum atomic E-state index is 13.1. The van der Waals surface area contributed by atoms with Crippen molar-refractivity contribution < 1.29 is 4.79 Å². The standard InChI is InChI=1S/C27H29N5O/c1-20-22(19-32(30-20)23-12-3-2-4-13-23)11-9-15-28-27(33)24-18-21-10-5-6-14-25(21)29-26(24)31-16-7-8-17-31/h2-6,10,12-14,18-19H,7-9,11,15-17H2,1H3,(H,28,33). The van der Waals surface area contributed by atoms with Crippen LogP contribution < -0.4 is 10.2 Å². The highest BCUT2D eigenvalue weighted by molar-refractivity contribution is 6.02. The van der Waals surface area contributed by atoms with E-state index in [1.54, 1.807) is 0 Å². The number of carbonyl (C=O) groups excluding carboxylic acids is 1. The minimum atomic E-state index is -0.0492. The number of hydrogen-bond acceptors (Lipinski definition) is 4. The van der Waals surface area contributed by atoms with Gasteiger partial charge in [-0.25, -0.2) is 9.67 Å². The first-order chi connectivity index (χ1) is 16.2. The molecule has 0 unspecified atom stereocenters. The molecule has 1 fully saturated rings. The second-order valence-electron chi connectivity index (χ2n) is 8.63. The number of rotatable bonds is 7. The Morgan fingerprint density at radius 3 is 2.61 bits per heavy atom. The van der Waals surface area contributed by atoms with Crippen molar-refractivity contribution >= 4 is 22.6 Å². The highest BCUT2D eigenvalue weighted by Crippen LogP contribution is 2.26. The summed E-state index contributed by atoms with van der Waals surface area (Å²) >= 11 is 0. The Morgan fingerprint density at radius 1 is 1.03 bits per heavy atom. The number of benzene rings is 2. The van der Waals surface area contributed by atoms with Gasteiger partial charge in [-0.15, -0.1) is 0 Å². The number of anilines is 1. The summed E-state index contributed by atoms with van der Waals surface area (Å²) in [5, 5.41) is 8.76. The summed E-state index contributed by atoms with van der Waals surface area (Å²) in [5.74, 6) is 0.760. The number of hydrogen-bond donors (Lipinski definition) is 1. The van der Waals surface area contributed by atoms with E-state index in [1.165, 1.54) is 5.56 Å². The second-order valence-corrected chi connectivity index (χ2v) is 8.63. The summed E-state index contributed by atoms with van der Waals surface area (Å²) in [7, 11) is 0. The van der Waals surface area contributed by atoms with Crippen molar-refractivity contribution in [3.05, 3.63) is 83.7 Å². The molecule has 1 aliphatic rings. The van der Waals surface area contributed by atoms with Gasteiger partial charge in [0.05, 0.1) is 22.5 Å². The van der Waals surface area contributed by atoms with Crippen molar-refractivity contribution in [2.45, 2.75) is 32.6 Å². The number of nitrogens with one attached hydrogen (secondary N) is 1. The lowest BCUT2D eigenvalue weighted by Crippen LogP contribution is -2.29. The van der Waals surface area contributed by atoms with Gasteiger partial charge in [-0.3, -0.25) is 4.79 Å². The molecular formula is C27H29N5O. The highest BCUT2D eigenvalue weighted by atomic mass is 16.1. The molecule has 0 bridgehead atoms. The number of amides is 1. The van der Waals surface area contributed by atoms with Crippen LogP contribution >= 0.6 is 0 Å². The van der Waals surface area contributed by atoms with Crippen LogP contribution in [0, 0.1) is 6.92 Å². The molecule has 0 radical (unpaired) electrons. The molecule has 2 aromatic heterocycles. The summed E-state index contributed by atoms with van der Waals surface area (Å²) in [6, 6.07) is 20.1. The van der Waals surface area contributed by atoms with E-state index in [0.29, 0.717) is 12.1 Å². The Hall–Kier alpha value is -3.67. The molecule has 33 heavy (non-hydrogen) atoms. The van der Waals surface area contributed by atoms with Crippen LogP contribution in [0.2, 0.25) is 0 Å². The molecule has 0 aliphatic carbocycles. The predicted octanol–water partition coefficient (Wildman–Crippen LogP) is 4.69. The van der Waals surface area contributed by atoms with Crippen molar-refractivity contribution in [3.63, 3.8) is 0 Å². The molecule has 168 valence electrons. The zero-order valence-electron chi connectivity index (χ0n) is 19.0. The Morgan fingerprint density at radius 2 is 1.79 bits per heavy atom. The molecule has 3 heterocycles. The van der Waals surface area contributed by atoms with Crippen LogP contribution in [-0.4, -0.2) is 40.3 Å². The van der Waals surface area contributed by atoms with Crippen molar-refractivity contribution in [3.8, 4) is 5.69 Å². The first-order valence-corrected chi connectivity index (χ1v) is 11.7. The normalized spacial score (nSPS) is 13.5. The van der Waals surface area contributed by atoms with Crippen molar-refractivity contribution in [2.75, 3.05) is 24.5 Å². The van der Waals surface area contributed by atoms with Gasteiger partial charge in [0.15, 0.2) is 0 Å². The number of carbonyl (C=O) groups is 1. The van der Waals surface area contributed by atoms with Gasteiger partial charge in [-0.2, -0.15) is 5.10 Å². The minimum Gasteiger partial charge on any atom is -0.356 e. The zero-order valence-corrected chi connectivity index (χ0v) is 19.0. The molecule has 1 aliphatic heterocycles. The predicted molar refractivity (Wildman–Crippen MR) is 132 cm³/mol. The lowest BCUT2D eigenvalue weighted by atomic mass is 10.1. The van der Waals surface area contributed by atoms with Gasteiger partial charge in [0, 0.05) is 31.2 Å². The fourth-order valence-electron chi connectivity index (χ4n) is 4.47. The molecule has 0 atom stereocenters. The second kappa shape index (κ2) is 9.45. The average molecular weight is 440 g/mol. The molecule has 1 saturated heterocycles. The fraction of sp³-hybridized carbons (Fsp3) is 0.296. The van der Waals surface area contributed by atoms with E-state index >= 15 is 0 Å². The molecule has 0 spiro atoms. The summed E-state index contributed by atoms with van der Waals surface area (Å²) in [6.45, 7) is 4.56. The van der Waals surface area contributed by atoms with E-state index < -0.39 is 0 Å². The largest absolute Gasteiger partial charge is 0.356 e. The summed E-state index contributed by atoms with van der Waals surface area (Å²) in [6.07, 6.45) is 6.10. The topological polar surface area (TPSA) is 63.1 Å². The van der Waals surface area contributed by atoms with Crippen molar-refractivity contribution in [1.82, 2.24) is 20.1 Å². The van der Waals surface area contributed by atoms with Gasteiger partial charge in [0.1, 0.15) is 5.82 Å². The van der Waals surface area contributed by atoms with Gasteiger partial charge in [-0.1, -0.05) is 36.4 Å². The molecule has 1 amide bonds. The number of pyridine rings is 1. The van der Waals surface area contributed by atoms with Crippen LogP contribution in [-0.2, 0) is 6.42 Å². The highest BCUT2D eigenvalue weighted by Gasteiger charge is 2.22. The Bertz CT molecular complexity index is 1260. The molecule has 5 rings (SSSR count). The van der Waals surface area contributed by atoms with Gasteiger partial charge >= 0.3 is 0 Å². The first-order valence-electron chi connectivity index (χ1n) is 11.7. The monoisotopic (exact) mass is 439 g/mol. The molecule has 4 aromatic rings. The third-order valence-electron chi connectivity index (χ3n) is 6.28. The molecule has 0 saturated carbocycles. The van der Waals surface area contributed by atoms with Gasteiger partial charge in [0.25, 0.3) is 5.91 Å². The van der Waals surface area contributed by atoms with E-state index in [0.717, 1.165) is 66.9 Å². The number of nitrogens with zero attached hydrogens (tertiary/aromatic N) is 4. The van der Waals surface area contributed by atoms with E-state index in [2.05, 4.69) is 21.5 Å². The minimum absolute atomic E-state index is 0.0492. The molecule has 6 nitrogen and oxygen atoms in total. The maximum absolute atomic E-state index is 13.1. The van der Waals surface area contributed by atoms with Crippen LogP contribution in [0.3, 0.4) is 0 Å². The van der Waals surface area contributed by atoms with Gasteiger partial charge in [0.2, 0.25) is 0 Å². The molecule has 2 aromatic carbocycles. The SMILES string of the molecule is Cc1nn(-c2ccccc2)cc1CCCNC(=O)c1cc2ccccc2nc1N1CCCC1. The van der Waals surface area contributed by atoms with E-state index in [4.69, 9.17) is 4.98 Å². The first kappa shape index (κ1) is 21.2. The molecule has 6 heteroatoms. The summed E-state index contributed by atoms with van der Waals surface area (Å²) in [4.78, 5) is 20.2. The smallest absolute Gasteiger partial charge is 0.255 e. The average Bonchev–Trinajstić information content (AvgIpc) is 3.52. The van der Waals surface area contributed by atoms with Crippen LogP contribution in [0.1, 0.15) is 40.9 Å².